The molecular formula is C21H24N4O3. The van der Waals surface area contributed by atoms with E-state index >= 15 is 0 Å². The minimum absolute atomic E-state index is 0.0537. The van der Waals surface area contributed by atoms with Gasteiger partial charge in [0.05, 0.1) is 11.0 Å². The Balaban J connectivity index is 1.68. The number of anilines is 1. The first kappa shape index (κ1) is 19.6. The van der Waals surface area contributed by atoms with Crippen LogP contribution in [0.2, 0.25) is 0 Å². The maximum absolute atomic E-state index is 12.5. The molecule has 0 saturated carbocycles. The van der Waals surface area contributed by atoms with Crippen molar-refractivity contribution in [2.75, 3.05) is 25.6 Å². The molecule has 3 aromatic rings. The van der Waals surface area contributed by atoms with E-state index in [2.05, 4.69) is 15.6 Å². The summed E-state index contributed by atoms with van der Waals surface area (Å²) < 4.78 is 6.73. The van der Waals surface area contributed by atoms with Crippen LogP contribution in [0.5, 0.6) is 0 Å². The Morgan fingerprint density at radius 2 is 1.79 bits per heavy atom. The maximum Gasteiger partial charge on any atom is 0.245 e. The molecule has 2 amide bonds. The summed E-state index contributed by atoms with van der Waals surface area (Å²) in [6.07, 6.45) is 1.37. The van der Waals surface area contributed by atoms with Gasteiger partial charge in [0.15, 0.2) is 0 Å². The molecule has 2 aromatic carbocycles. The number of aromatic nitrogens is 2. The highest BCUT2D eigenvalue weighted by Gasteiger charge is 2.13. The predicted octanol–water partition coefficient (Wildman–Crippen LogP) is 2.37. The van der Waals surface area contributed by atoms with E-state index in [1.165, 1.54) is 7.11 Å². The SMILES string of the molecule is COCC(=O)NCCCc1nc2ccccc2n1CC(=O)Nc1ccccc1. The Bertz CT molecular complexity index is 937. The Labute approximate surface area is 163 Å². The van der Waals surface area contributed by atoms with Crippen LogP contribution in [0.1, 0.15) is 12.2 Å². The summed E-state index contributed by atoms with van der Waals surface area (Å²) in [6, 6.07) is 17.1. The number of carbonyl (C=O) groups is 2. The van der Waals surface area contributed by atoms with Gasteiger partial charge in [0.25, 0.3) is 0 Å². The van der Waals surface area contributed by atoms with Crippen molar-refractivity contribution in [3.8, 4) is 0 Å². The zero-order chi connectivity index (χ0) is 19.8. The number of hydrogen-bond acceptors (Lipinski definition) is 4. The Hall–Kier alpha value is -3.19. The lowest BCUT2D eigenvalue weighted by molar-refractivity contribution is -0.124. The zero-order valence-electron chi connectivity index (χ0n) is 15.9. The van der Waals surface area contributed by atoms with Gasteiger partial charge in [-0.25, -0.2) is 4.98 Å². The van der Waals surface area contributed by atoms with Crippen molar-refractivity contribution in [3.05, 3.63) is 60.4 Å². The van der Waals surface area contributed by atoms with E-state index in [1.54, 1.807) is 0 Å². The quantitative estimate of drug-likeness (QED) is 0.558. The lowest BCUT2D eigenvalue weighted by Crippen LogP contribution is -2.28. The molecule has 1 aromatic heterocycles. The molecule has 0 saturated heterocycles. The van der Waals surface area contributed by atoms with Crippen LogP contribution in [0.3, 0.4) is 0 Å². The van der Waals surface area contributed by atoms with Crippen LogP contribution in [0.25, 0.3) is 11.0 Å². The van der Waals surface area contributed by atoms with Gasteiger partial charge in [0.1, 0.15) is 19.0 Å². The van der Waals surface area contributed by atoms with Gasteiger partial charge >= 0.3 is 0 Å². The van der Waals surface area contributed by atoms with Gasteiger partial charge in [-0.3, -0.25) is 9.59 Å². The smallest absolute Gasteiger partial charge is 0.245 e. The van der Waals surface area contributed by atoms with Crippen molar-refractivity contribution in [2.24, 2.45) is 0 Å². The molecule has 0 spiro atoms. The van der Waals surface area contributed by atoms with Gasteiger partial charge in [0.2, 0.25) is 11.8 Å². The molecule has 3 rings (SSSR count). The highest BCUT2D eigenvalue weighted by molar-refractivity contribution is 5.91. The van der Waals surface area contributed by atoms with Gasteiger partial charge in [-0.05, 0) is 30.7 Å². The summed E-state index contributed by atoms with van der Waals surface area (Å²) in [5.41, 5.74) is 2.54. The Kier molecular flexibility index (Phi) is 6.75. The van der Waals surface area contributed by atoms with Gasteiger partial charge in [-0.2, -0.15) is 0 Å². The van der Waals surface area contributed by atoms with E-state index in [0.717, 1.165) is 29.0 Å². The fourth-order valence-corrected chi connectivity index (χ4v) is 3.01. The predicted molar refractivity (Wildman–Crippen MR) is 108 cm³/mol. The molecule has 0 aliphatic rings. The van der Waals surface area contributed by atoms with E-state index in [9.17, 15) is 9.59 Å². The number of ether oxygens (including phenoxy) is 1. The van der Waals surface area contributed by atoms with Crippen LogP contribution < -0.4 is 10.6 Å². The third kappa shape index (κ3) is 5.17. The standard InChI is InChI=1S/C21H24N4O3/c1-28-15-21(27)22-13-7-12-19-24-17-10-5-6-11-18(17)25(19)14-20(26)23-16-8-3-2-4-9-16/h2-6,8-11H,7,12-15H2,1H3,(H,22,27)(H,23,26). The molecule has 0 unspecified atom stereocenters. The van der Waals surface area contributed by atoms with E-state index in [0.29, 0.717) is 13.0 Å². The summed E-state index contributed by atoms with van der Waals surface area (Å²) in [4.78, 5) is 28.7. The number of carbonyl (C=O) groups excluding carboxylic acids is 2. The second kappa shape index (κ2) is 9.66. The Morgan fingerprint density at radius 3 is 2.57 bits per heavy atom. The summed E-state index contributed by atoms with van der Waals surface area (Å²) in [5, 5.41) is 5.71. The number of fused-ring (bicyclic) bond motifs is 1. The van der Waals surface area contributed by atoms with Crippen LogP contribution in [-0.2, 0) is 27.3 Å². The van der Waals surface area contributed by atoms with Gasteiger partial charge in [-0.15, -0.1) is 0 Å². The summed E-state index contributed by atoms with van der Waals surface area (Å²) in [5.74, 6) is 0.577. The number of para-hydroxylation sites is 3. The number of amides is 2. The largest absolute Gasteiger partial charge is 0.375 e. The van der Waals surface area contributed by atoms with Crippen LogP contribution in [0.15, 0.2) is 54.6 Å². The van der Waals surface area contributed by atoms with Crippen molar-refractivity contribution >= 4 is 28.5 Å². The van der Waals surface area contributed by atoms with Crippen LogP contribution in [-0.4, -0.2) is 41.6 Å². The minimum Gasteiger partial charge on any atom is -0.375 e. The normalized spacial score (nSPS) is 10.8. The number of hydrogen-bond donors (Lipinski definition) is 2. The van der Waals surface area contributed by atoms with Crippen molar-refractivity contribution < 1.29 is 14.3 Å². The molecule has 0 fully saturated rings. The summed E-state index contributed by atoms with van der Waals surface area (Å²) in [7, 11) is 1.49. The van der Waals surface area contributed by atoms with E-state index in [-0.39, 0.29) is 25.0 Å². The molecule has 146 valence electrons. The van der Waals surface area contributed by atoms with Gasteiger partial charge in [0, 0.05) is 25.8 Å². The number of nitrogens with zero attached hydrogens (tertiary/aromatic N) is 2. The lowest BCUT2D eigenvalue weighted by atomic mass is 10.3. The highest BCUT2D eigenvalue weighted by atomic mass is 16.5. The number of rotatable bonds is 9. The molecule has 0 aliphatic carbocycles. The fraction of sp³-hybridized carbons (Fsp3) is 0.286. The van der Waals surface area contributed by atoms with E-state index < -0.39 is 0 Å². The van der Waals surface area contributed by atoms with Crippen LogP contribution in [0, 0.1) is 0 Å². The third-order valence-corrected chi connectivity index (χ3v) is 4.27. The Morgan fingerprint density at radius 1 is 1.04 bits per heavy atom. The average molecular weight is 380 g/mol. The highest BCUT2D eigenvalue weighted by Crippen LogP contribution is 2.17. The molecular weight excluding hydrogens is 356 g/mol. The first-order valence-corrected chi connectivity index (χ1v) is 9.22. The molecule has 1 heterocycles. The summed E-state index contributed by atoms with van der Waals surface area (Å²) in [6.45, 7) is 0.764. The van der Waals surface area contributed by atoms with Gasteiger partial charge in [-0.1, -0.05) is 30.3 Å². The molecule has 0 aliphatic heterocycles. The first-order valence-electron chi connectivity index (χ1n) is 9.22. The van der Waals surface area contributed by atoms with Gasteiger partial charge < -0.3 is 19.9 Å². The van der Waals surface area contributed by atoms with E-state index in [1.807, 2.05) is 59.2 Å². The molecule has 0 atom stereocenters. The van der Waals surface area contributed by atoms with Crippen LogP contribution in [0.4, 0.5) is 5.69 Å². The first-order chi connectivity index (χ1) is 13.7. The number of benzene rings is 2. The van der Waals surface area contributed by atoms with Crippen LogP contribution >= 0.6 is 0 Å². The topological polar surface area (TPSA) is 85.2 Å². The van der Waals surface area contributed by atoms with Crippen molar-refractivity contribution in [3.63, 3.8) is 0 Å². The van der Waals surface area contributed by atoms with Crippen molar-refractivity contribution in [1.82, 2.24) is 14.9 Å². The number of aryl methyl sites for hydroxylation is 1. The average Bonchev–Trinajstić information content (AvgIpc) is 3.04. The third-order valence-electron chi connectivity index (χ3n) is 4.27. The lowest BCUT2D eigenvalue weighted by Gasteiger charge is -2.10. The molecule has 28 heavy (non-hydrogen) atoms. The van der Waals surface area contributed by atoms with Crippen molar-refractivity contribution in [2.45, 2.75) is 19.4 Å². The molecule has 7 nitrogen and oxygen atoms in total. The molecule has 0 bridgehead atoms. The minimum atomic E-state index is -0.141. The number of imidazole rings is 1. The zero-order valence-corrected chi connectivity index (χ0v) is 15.9. The molecule has 0 radical (unpaired) electrons. The number of methoxy groups -OCH3 is 1. The summed E-state index contributed by atoms with van der Waals surface area (Å²) >= 11 is 0. The second-order valence-corrected chi connectivity index (χ2v) is 6.40. The number of nitrogens with one attached hydrogen (secondary N) is 2. The molecule has 7 heteroatoms. The van der Waals surface area contributed by atoms with Crippen molar-refractivity contribution in [1.29, 1.82) is 0 Å². The molecule has 2 N–H and O–H groups in total. The van der Waals surface area contributed by atoms with E-state index in [4.69, 9.17) is 4.74 Å². The second-order valence-electron chi connectivity index (χ2n) is 6.40. The maximum atomic E-state index is 12.5. The fourth-order valence-electron chi connectivity index (χ4n) is 3.01. The monoisotopic (exact) mass is 380 g/mol.